The van der Waals surface area contributed by atoms with Crippen LogP contribution in [0.3, 0.4) is 0 Å². The molecular weight excluding hydrogens is 466 g/mol. The van der Waals surface area contributed by atoms with Crippen LogP contribution in [0, 0.1) is 6.92 Å². The minimum atomic E-state index is -4.82. The predicted octanol–water partition coefficient (Wildman–Crippen LogP) is 0.284. The van der Waals surface area contributed by atoms with Gasteiger partial charge in [0.2, 0.25) is 5.28 Å². The van der Waals surface area contributed by atoms with E-state index in [1.54, 1.807) is 6.92 Å². The maximum Gasteiger partial charge on any atom is 0.340 e. The van der Waals surface area contributed by atoms with Crippen molar-refractivity contribution in [2.75, 3.05) is 12.5 Å². The van der Waals surface area contributed by atoms with Gasteiger partial charge in [-0.1, -0.05) is 6.08 Å². The van der Waals surface area contributed by atoms with Gasteiger partial charge in [-0.3, -0.25) is 9.13 Å². The third-order valence-corrected chi connectivity index (χ3v) is 7.65. The molecule has 2 aromatic rings. The number of aliphatic hydroxyl groups is 3. The van der Waals surface area contributed by atoms with Crippen LogP contribution in [-0.4, -0.2) is 74.5 Å². The van der Waals surface area contributed by atoms with Crippen molar-refractivity contribution in [3.8, 4) is 0 Å². The van der Waals surface area contributed by atoms with Crippen LogP contribution in [0.2, 0.25) is 5.28 Å². The third kappa shape index (κ3) is 6.14. The zero-order valence-corrected chi connectivity index (χ0v) is 18.3. The molecule has 30 heavy (non-hydrogen) atoms. The highest BCUT2D eigenvalue weighted by Gasteiger charge is 2.34. The Morgan fingerprint density at radius 2 is 1.90 bits per heavy atom. The number of aromatic nitrogens is 4. The predicted molar refractivity (Wildman–Crippen MR) is 105 cm³/mol. The summed E-state index contributed by atoms with van der Waals surface area (Å²) in [5.41, 5.74) is 0.456. The molecule has 0 radical (unpaired) electrons. The highest BCUT2D eigenvalue weighted by atomic mass is 35.5. The van der Waals surface area contributed by atoms with Crippen LogP contribution in [-0.2, 0) is 13.7 Å². The van der Waals surface area contributed by atoms with Gasteiger partial charge in [0, 0.05) is 0 Å². The molecule has 0 aliphatic rings. The zero-order chi connectivity index (χ0) is 22.9. The van der Waals surface area contributed by atoms with E-state index in [4.69, 9.17) is 21.4 Å². The molecule has 2 aromatic heterocycles. The van der Waals surface area contributed by atoms with Crippen LogP contribution < -0.4 is 0 Å². The van der Waals surface area contributed by atoms with E-state index in [-0.39, 0.29) is 16.5 Å². The van der Waals surface area contributed by atoms with Crippen molar-refractivity contribution in [2.24, 2.45) is 0 Å². The Balaban J connectivity index is 2.18. The largest absolute Gasteiger partial charge is 0.386 e. The Morgan fingerprint density at radius 1 is 1.27 bits per heavy atom. The fraction of sp³-hybridized carbons (Fsp3) is 0.500. The molecule has 2 rings (SSSR count). The average Bonchev–Trinajstić information content (AvgIpc) is 3.02. The quantitative estimate of drug-likeness (QED) is 0.160. The van der Waals surface area contributed by atoms with E-state index < -0.39 is 46.1 Å². The number of fused-ring (bicyclic) bond motifs is 1. The van der Waals surface area contributed by atoms with E-state index in [2.05, 4.69) is 19.6 Å². The Kier molecular flexibility index (Phi) is 7.92. The molecule has 0 saturated heterocycles. The molecule has 0 spiro atoms. The Labute approximate surface area is 175 Å². The fourth-order valence-electron chi connectivity index (χ4n) is 2.54. The number of hydrogen-bond donors (Lipinski definition) is 6. The van der Waals surface area contributed by atoms with E-state index in [0.717, 1.165) is 4.68 Å². The van der Waals surface area contributed by atoms with Crippen LogP contribution >= 0.6 is 26.8 Å². The Hall–Kier alpha value is -1.24. The topological polar surface area (TPSA) is 208 Å². The van der Waals surface area contributed by atoms with Gasteiger partial charge in [-0.2, -0.15) is 10.1 Å². The lowest BCUT2D eigenvalue weighted by Crippen LogP contribution is -2.37. The fourth-order valence-corrected chi connectivity index (χ4v) is 5.29. The second-order valence-corrected chi connectivity index (χ2v) is 10.7. The molecular formula is C14H21ClN4O9P2. The van der Waals surface area contributed by atoms with Gasteiger partial charge in [0.15, 0.2) is 17.8 Å². The minimum absolute atomic E-state index is 0.103. The maximum atomic E-state index is 11.8. The third-order valence-electron chi connectivity index (χ3n) is 4.04. The highest BCUT2D eigenvalue weighted by molar-refractivity contribution is 7.70. The number of aryl methyl sites for hydroxylation is 1. The Bertz CT molecular complexity index is 1040. The standard InChI is InChI=1S/C14H21ClN4O9P2/c1-3-8(5-28-30(26,27)6-29(23,24)25)10(20)11(21)13(22)19-12-9(4-16-19)7(2)17-14(15)18-12/h3-4,10-11,13,20-22H,5-6H2,1-2H3,(H,26,27)(H2,23,24,25)/b8-3-/t10-,11-,13-/m1/s1. The minimum Gasteiger partial charge on any atom is -0.386 e. The van der Waals surface area contributed by atoms with Gasteiger partial charge < -0.3 is 34.5 Å². The van der Waals surface area contributed by atoms with Gasteiger partial charge >= 0.3 is 15.2 Å². The van der Waals surface area contributed by atoms with Gasteiger partial charge in [0.05, 0.1) is 23.9 Å². The lowest BCUT2D eigenvalue weighted by atomic mass is 10.0. The summed E-state index contributed by atoms with van der Waals surface area (Å²) in [5, 5.41) is 35.5. The number of halogens is 1. The highest BCUT2D eigenvalue weighted by Crippen LogP contribution is 2.55. The van der Waals surface area contributed by atoms with Crippen LogP contribution in [0.15, 0.2) is 17.8 Å². The van der Waals surface area contributed by atoms with Crippen molar-refractivity contribution in [2.45, 2.75) is 32.3 Å². The van der Waals surface area contributed by atoms with Gasteiger partial charge in [-0.15, -0.1) is 0 Å². The summed E-state index contributed by atoms with van der Waals surface area (Å²) in [6, 6.07) is 0. The van der Waals surface area contributed by atoms with Crippen LogP contribution in [0.4, 0.5) is 0 Å². The van der Waals surface area contributed by atoms with Gasteiger partial charge in [0.25, 0.3) is 0 Å². The normalized spacial score (nSPS) is 18.2. The first-order chi connectivity index (χ1) is 13.8. The molecule has 0 bridgehead atoms. The first-order valence-electron chi connectivity index (χ1n) is 8.33. The number of hydrogen-bond acceptors (Lipinski definition) is 9. The van der Waals surface area contributed by atoms with E-state index in [1.165, 1.54) is 19.2 Å². The molecule has 2 heterocycles. The number of allylic oxidation sites excluding steroid dienone is 1. The monoisotopic (exact) mass is 486 g/mol. The molecule has 6 N–H and O–H groups in total. The van der Waals surface area contributed by atoms with Crippen LogP contribution in [0.5, 0.6) is 0 Å². The summed E-state index contributed by atoms with van der Waals surface area (Å²) in [5.74, 6) is -1.41. The first-order valence-corrected chi connectivity index (χ1v) is 12.3. The second kappa shape index (κ2) is 9.49. The lowest BCUT2D eigenvalue weighted by Gasteiger charge is -2.25. The molecule has 4 atom stereocenters. The molecule has 0 fully saturated rings. The van der Waals surface area contributed by atoms with E-state index in [1.807, 2.05) is 0 Å². The van der Waals surface area contributed by atoms with Crippen molar-refractivity contribution < 1.29 is 43.7 Å². The smallest absolute Gasteiger partial charge is 0.340 e. The molecule has 0 amide bonds. The number of aliphatic hydroxyl groups excluding tert-OH is 3. The summed E-state index contributed by atoms with van der Waals surface area (Å²) < 4.78 is 28.2. The van der Waals surface area contributed by atoms with E-state index >= 15 is 0 Å². The Morgan fingerprint density at radius 3 is 2.47 bits per heavy atom. The molecule has 168 valence electrons. The van der Waals surface area contributed by atoms with Crippen LogP contribution in [0.25, 0.3) is 11.0 Å². The summed E-state index contributed by atoms with van der Waals surface area (Å²) in [6.45, 7) is 2.33. The second-order valence-electron chi connectivity index (χ2n) is 6.33. The van der Waals surface area contributed by atoms with Crippen molar-refractivity contribution >= 4 is 37.8 Å². The molecule has 1 unspecified atom stereocenters. The van der Waals surface area contributed by atoms with E-state index in [9.17, 15) is 29.3 Å². The molecule has 0 aliphatic heterocycles. The first kappa shape index (κ1) is 25.0. The van der Waals surface area contributed by atoms with Crippen molar-refractivity contribution in [1.29, 1.82) is 0 Å². The molecule has 0 saturated carbocycles. The molecule has 0 aromatic carbocycles. The maximum absolute atomic E-state index is 11.8. The number of rotatable bonds is 9. The van der Waals surface area contributed by atoms with Crippen molar-refractivity contribution in [3.05, 3.63) is 28.8 Å². The number of nitrogens with zero attached hydrogens (tertiary/aromatic N) is 4. The molecule has 0 aliphatic carbocycles. The summed E-state index contributed by atoms with van der Waals surface area (Å²) in [7, 11) is -9.50. The average molecular weight is 487 g/mol. The SMILES string of the molecule is C/C=C(/COP(=O)(O)CP(=O)(O)O)[C@@H](O)[C@@H](O)[C@@H](O)n1ncc2c(C)nc(Cl)nc21. The van der Waals surface area contributed by atoms with Gasteiger partial charge in [-0.25, -0.2) is 9.67 Å². The van der Waals surface area contributed by atoms with Gasteiger partial charge in [-0.05, 0) is 31.0 Å². The molecule has 13 nitrogen and oxygen atoms in total. The lowest BCUT2D eigenvalue weighted by molar-refractivity contribution is -0.0845. The summed E-state index contributed by atoms with van der Waals surface area (Å²) in [4.78, 5) is 35.0. The van der Waals surface area contributed by atoms with Crippen molar-refractivity contribution in [1.82, 2.24) is 19.7 Å². The van der Waals surface area contributed by atoms with Crippen LogP contribution in [0.1, 0.15) is 18.8 Å². The zero-order valence-electron chi connectivity index (χ0n) is 15.8. The van der Waals surface area contributed by atoms with E-state index in [0.29, 0.717) is 11.1 Å². The summed E-state index contributed by atoms with van der Waals surface area (Å²) >= 11 is 5.81. The summed E-state index contributed by atoms with van der Waals surface area (Å²) in [6.07, 6.45) is -2.86. The van der Waals surface area contributed by atoms with Crippen molar-refractivity contribution in [3.63, 3.8) is 0 Å². The van der Waals surface area contributed by atoms with Gasteiger partial charge in [0.1, 0.15) is 12.2 Å². The molecule has 16 heteroatoms.